The van der Waals surface area contributed by atoms with Crippen molar-refractivity contribution in [2.45, 2.75) is 0 Å². The third-order valence-corrected chi connectivity index (χ3v) is 17.9. The molecule has 0 amide bonds. The van der Waals surface area contributed by atoms with E-state index in [9.17, 15) is 0 Å². The summed E-state index contributed by atoms with van der Waals surface area (Å²) in [5.74, 6) is 0. The summed E-state index contributed by atoms with van der Waals surface area (Å²) in [6.07, 6.45) is 0. The zero-order valence-electron chi connectivity index (χ0n) is 34.6. The first-order chi connectivity index (χ1) is 31.3. The van der Waals surface area contributed by atoms with Gasteiger partial charge in [0.05, 0.1) is 27.8 Å². The molecule has 0 aliphatic heterocycles. The van der Waals surface area contributed by atoms with Gasteiger partial charge in [-0.05, 0) is 67.8 Å². The van der Waals surface area contributed by atoms with Crippen molar-refractivity contribution in [2.75, 3.05) is 0 Å². The molecule has 0 radical (unpaired) electrons. The molecule has 296 valence electrons. The van der Waals surface area contributed by atoms with E-state index in [-0.39, 0.29) is 0 Å². The van der Waals surface area contributed by atoms with E-state index in [1.807, 2.05) is 0 Å². The molecule has 3 heteroatoms. The molecule has 2 aromatic heterocycles. The summed E-state index contributed by atoms with van der Waals surface area (Å²) >= 11 is 0. The quantitative estimate of drug-likeness (QED) is 0.107. The maximum absolute atomic E-state index is 2.80. The van der Waals surface area contributed by atoms with Crippen molar-refractivity contribution in [3.63, 3.8) is 0 Å². The van der Waals surface area contributed by atoms with Crippen LogP contribution in [0.5, 0.6) is 0 Å². The molecule has 0 fully saturated rings. The second-order valence-corrected chi connectivity index (χ2v) is 20.2. The van der Waals surface area contributed by atoms with Crippen molar-refractivity contribution in [3.8, 4) is 33.6 Å². The minimum absolute atomic E-state index is 1.12. The Morgan fingerprint density at radius 2 is 0.714 bits per heavy atom. The minimum atomic E-state index is -2.80. The topological polar surface area (TPSA) is 9.86 Å². The maximum atomic E-state index is 2.56. The van der Waals surface area contributed by atoms with Gasteiger partial charge in [0.2, 0.25) is 0 Å². The van der Waals surface area contributed by atoms with Crippen LogP contribution in [-0.2, 0) is 0 Å². The lowest BCUT2D eigenvalue weighted by Crippen LogP contribution is -2.74. The van der Waals surface area contributed by atoms with Crippen molar-refractivity contribution in [1.29, 1.82) is 0 Å². The van der Waals surface area contributed by atoms with Gasteiger partial charge in [0.1, 0.15) is 0 Å². The Bertz CT molecular complexity index is 3480. The molecule has 12 rings (SSSR count). The Labute approximate surface area is 368 Å². The largest absolute Gasteiger partial charge is 0.307 e. The monoisotopic (exact) mass is 818 g/mol. The van der Waals surface area contributed by atoms with Crippen molar-refractivity contribution < 1.29 is 0 Å². The van der Waals surface area contributed by atoms with E-state index in [0.717, 1.165) is 5.69 Å². The molecule has 0 saturated heterocycles. The van der Waals surface area contributed by atoms with E-state index in [4.69, 9.17) is 0 Å². The predicted molar refractivity (Wildman–Crippen MR) is 270 cm³/mol. The molecular weight excluding hydrogens is 777 g/mol. The summed E-state index contributed by atoms with van der Waals surface area (Å²) in [7, 11) is -2.80. The van der Waals surface area contributed by atoms with E-state index < -0.39 is 8.07 Å². The molecule has 0 bridgehead atoms. The third-order valence-electron chi connectivity index (χ3n) is 13.1. The van der Waals surface area contributed by atoms with E-state index in [1.54, 1.807) is 0 Å². The second kappa shape index (κ2) is 15.2. The van der Waals surface area contributed by atoms with E-state index in [1.165, 1.54) is 92.3 Å². The Balaban J connectivity index is 1.20. The van der Waals surface area contributed by atoms with Crippen LogP contribution in [0.2, 0.25) is 0 Å². The highest BCUT2D eigenvalue weighted by Crippen LogP contribution is 2.44. The van der Waals surface area contributed by atoms with Gasteiger partial charge in [-0.25, -0.2) is 0 Å². The van der Waals surface area contributed by atoms with Crippen LogP contribution < -0.4 is 20.7 Å². The molecular formula is C60H42N2Si. The van der Waals surface area contributed by atoms with Crippen LogP contribution in [0, 0.1) is 0 Å². The number of fused-ring (bicyclic) bond motifs is 6. The number of aromatic nitrogens is 2. The van der Waals surface area contributed by atoms with Gasteiger partial charge in [-0.3, -0.25) is 0 Å². The van der Waals surface area contributed by atoms with Gasteiger partial charge in [0.15, 0.2) is 8.07 Å². The van der Waals surface area contributed by atoms with Crippen LogP contribution in [0.4, 0.5) is 0 Å². The molecule has 10 aromatic carbocycles. The van der Waals surface area contributed by atoms with Gasteiger partial charge >= 0.3 is 0 Å². The SMILES string of the molecule is c1ccc(-c2ccc(-n3c4ccccc4c4ccc(-c5ccccc5)c(-n5c6ccccc6c6cc([Si](c7ccccc7)(c7ccccc7)c7ccccc7)ccc65)c43)cc2)cc1. The average Bonchev–Trinajstić information content (AvgIpc) is 3.88. The summed E-state index contributed by atoms with van der Waals surface area (Å²) in [4.78, 5) is 0. The zero-order valence-corrected chi connectivity index (χ0v) is 35.6. The summed E-state index contributed by atoms with van der Waals surface area (Å²) in [6, 6.07) is 94.3. The van der Waals surface area contributed by atoms with E-state index in [2.05, 4.69) is 264 Å². The number of para-hydroxylation sites is 2. The van der Waals surface area contributed by atoms with Gasteiger partial charge < -0.3 is 9.13 Å². The molecule has 0 unspecified atom stereocenters. The summed E-state index contributed by atoms with van der Waals surface area (Å²) < 4.78 is 5.05. The minimum Gasteiger partial charge on any atom is -0.307 e. The first-order valence-corrected chi connectivity index (χ1v) is 23.8. The number of rotatable bonds is 8. The van der Waals surface area contributed by atoms with Gasteiger partial charge in [-0.2, -0.15) is 0 Å². The van der Waals surface area contributed by atoms with E-state index >= 15 is 0 Å². The fraction of sp³-hybridized carbons (Fsp3) is 0. The second-order valence-electron chi connectivity index (χ2n) is 16.4. The molecule has 0 aliphatic rings. The van der Waals surface area contributed by atoms with Crippen LogP contribution >= 0.6 is 0 Å². The van der Waals surface area contributed by atoms with Crippen molar-refractivity contribution in [2.24, 2.45) is 0 Å². The van der Waals surface area contributed by atoms with Crippen molar-refractivity contribution in [3.05, 3.63) is 255 Å². The lowest BCUT2D eigenvalue weighted by molar-refractivity contribution is 1.13. The molecule has 12 aromatic rings. The van der Waals surface area contributed by atoms with Crippen LogP contribution in [0.25, 0.3) is 77.2 Å². The van der Waals surface area contributed by atoms with Gasteiger partial charge in [-0.15, -0.1) is 0 Å². The van der Waals surface area contributed by atoms with Gasteiger partial charge in [0.25, 0.3) is 0 Å². The molecule has 0 atom stereocenters. The molecule has 2 nitrogen and oxygen atoms in total. The predicted octanol–water partition coefficient (Wildman–Crippen LogP) is 12.6. The number of hydrogen-bond acceptors (Lipinski definition) is 0. The van der Waals surface area contributed by atoms with E-state index in [0.29, 0.717) is 0 Å². The standard InChI is InChI=1S/C60H42N2Si/c1-6-20-43(21-7-1)44-34-36-46(37-35-44)61-56-32-18-16-30-52(56)54-40-39-51(45-22-8-2-9-23-45)59(60(54)61)62-57-33-19-17-31-53(57)55-42-50(38-41-58(55)62)63(47-24-10-3-11-25-47,48-26-12-4-13-27-48)49-28-14-5-15-29-49/h1-42H. The lowest BCUT2D eigenvalue weighted by Gasteiger charge is -2.34. The highest BCUT2D eigenvalue weighted by molar-refractivity contribution is 7.20. The number of nitrogens with zero attached hydrogens (tertiary/aromatic N) is 2. The molecule has 63 heavy (non-hydrogen) atoms. The Morgan fingerprint density at radius 3 is 1.29 bits per heavy atom. The first-order valence-electron chi connectivity index (χ1n) is 21.8. The van der Waals surface area contributed by atoms with Crippen LogP contribution in [0.15, 0.2) is 255 Å². The average molecular weight is 819 g/mol. The Kier molecular flexibility index (Phi) is 8.87. The molecule has 2 heterocycles. The number of hydrogen-bond donors (Lipinski definition) is 0. The summed E-state index contributed by atoms with van der Waals surface area (Å²) in [6.45, 7) is 0. The third kappa shape index (κ3) is 5.85. The van der Waals surface area contributed by atoms with Crippen LogP contribution in [0.3, 0.4) is 0 Å². The fourth-order valence-electron chi connectivity index (χ4n) is 10.3. The fourth-order valence-corrected chi connectivity index (χ4v) is 15.1. The smallest absolute Gasteiger partial charge is 0.179 e. The zero-order chi connectivity index (χ0) is 41.7. The highest BCUT2D eigenvalue weighted by atomic mass is 28.3. The first kappa shape index (κ1) is 36.8. The Morgan fingerprint density at radius 1 is 0.270 bits per heavy atom. The molecule has 0 spiro atoms. The summed E-state index contributed by atoms with van der Waals surface area (Å²) in [5.41, 5.74) is 11.8. The molecule has 0 N–H and O–H groups in total. The van der Waals surface area contributed by atoms with Crippen LogP contribution in [0.1, 0.15) is 0 Å². The van der Waals surface area contributed by atoms with Crippen molar-refractivity contribution >= 4 is 72.4 Å². The lowest BCUT2D eigenvalue weighted by atomic mass is 10.00. The molecule has 0 aliphatic carbocycles. The molecule has 0 saturated carbocycles. The van der Waals surface area contributed by atoms with Gasteiger partial charge in [-0.1, -0.05) is 224 Å². The maximum Gasteiger partial charge on any atom is 0.179 e. The highest BCUT2D eigenvalue weighted by Gasteiger charge is 2.41. The van der Waals surface area contributed by atoms with Crippen LogP contribution in [-0.4, -0.2) is 17.2 Å². The Hall–Kier alpha value is -7.98. The number of benzene rings is 10. The van der Waals surface area contributed by atoms with Gasteiger partial charge in [0, 0.05) is 32.8 Å². The normalized spacial score (nSPS) is 11.8. The van der Waals surface area contributed by atoms with Crippen molar-refractivity contribution in [1.82, 2.24) is 9.13 Å². The summed E-state index contributed by atoms with van der Waals surface area (Å²) in [5, 5.41) is 10.4.